The van der Waals surface area contributed by atoms with Crippen molar-refractivity contribution in [1.82, 2.24) is 9.55 Å². The van der Waals surface area contributed by atoms with Gasteiger partial charge >= 0.3 is 0 Å². The van der Waals surface area contributed by atoms with Gasteiger partial charge in [-0.3, -0.25) is 14.6 Å². The van der Waals surface area contributed by atoms with Crippen LogP contribution in [0.4, 0.5) is 11.4 Å². The smallest absolute Gasteiger partial charge is 0.277 e. The van der Waals surface area contributed by atoms with Crippen LogP contribution in [-0.4, -0.2) is 35.0 Å². The molecule has 160 valence electrons. The van der Waals surface area contributed by atoms with Gasteiger partial charge in [0.05, 0.1) is 17.8 Å². The van der Waals surface area contributed by atoms with E-state index in [0.29, 0.717) is 39.9 Å². The number of hydrogen-bond donors (Lipinski definition) is 1. The summed E-state index contributed by atoms with van der Waals surface area (Å²) < 4.78 is 7.19. The molecule has 1 aliphatic heterocycles. The maximum atomic E-state index is 13.4. The lowest BCUT2D eigenvalue weighted by atomic mass is 10.1. The maximum Gasteiger partial charge on any atom is 0.277 e. The van der Waals surface area contributed by atoms with Crippen molar-refractivity contribution < 1.29 is 14.3 Å². The summed E-state index contributed by atoms with van der Waals surface area (Å²) in [6.07, 6.45) is 1.83. The Balaban J connectivity index is 1.67. The first kappa shape index (κ1) is 20.9. The van der Waals surface area contributed by atoms with Crippen molar-refractivity contribution in [3.05, 3.63) is 70.3 Å². The fraction of sp³-hybridized carbons (Fsp3) is 0.261. The Bertz CT molecular complexity index is 1170. The SMILES string of the molecule is COc1cc(N2C[C@H](C)n3ccc(NC(=O)c4cc(C)nc(C)c4)c3C2=O)ccc1Cl. The number of ether oxygens (including phenoxy) is 1. The molecule has 8 heteroatoms. The Morgan fingerprint density at radius 2 is 1.90 bits per heavy atom. The van der Waals surface area contributed by atoms with Gasteiger partial charge in [0.15, 0.2) is 0 Å². The van der Waals surface area contributed by atoms with E-state index in [1.165, 1.54) is 7.11 Å². The van der Waals surface area contributed by atoms with Gasteiger partial charge in [-0.2, -0.15) is 0 Å². The number of benzene rings is 1. The molecule has 2 aromatic heterocycles. The van der Waals surface area contributed by atoms with Crippen LogP contribution in [0.2, 0.25) is 5.02 Å². The molecular formula is C23H23ClN4O3. The molecule has 3 aromatic rings. The van der Waals surface area contributed by atoms with E-state index >= 15 is 0 Å². The molecule has 0 unspecified atom stereocenters. The van der Waals surface area contributed by atoms with Crippen molar-refractivity contribution in [2.75, 3.05) is 23.9 Å². The number of carbonyl (C=O) groups is 2. The summed E-state index contributed by atoms with van der Waals surface area (Å²) in [7, 11) is 1.53. The molecule has 1 N–H and O–H groups in total. The Hall–Kier alpha value is -3.32. The van der Waals surface area contributed by atoms with Crippen molar-refractivity contribution in [3.8, 4) is 5.75 Å². The Morgan fingerprint density at radius 1 is 1.19 bits per heavy atom. The minimum atomic E-state index is -0.284. The number of pyridine rings is 1. The fourth-order valence-corrected chi connectivity index (χ4v) is 4.10. The first-order valence-corrected chi connectivity index (χ1v) is 10.3. The average molecular weight is 439 g/mol. The summed E-state index contributed by atoms with van der Waals surface area (Å²) in [4.78, 5) is 32.3. The number of rotatable bonds is 4. The van der Waals surface area contributed by atoms with E-state index < -0.39 is 0 Å². The number of nitrogens with zero attached hydrogens (tertiary/aromatic N) is 3. The molecule has 0 radical (unpaired) electrons. The molecule has 0 fully saturated rings. The third-order valence-electron chi connectivity index (χ3n) is 5.32. The van der Waals surface area contributed by atoms with Crippen molar-refractivity contribution in [2.45, 2.75) is 26.8 Å². The standard InChI is InChI=1S/C23H23ClN4O3/c1-13-9-16(10-14(2)25-13)22(29)26-19-7-8-27-15(3)12-28(23(30)21(19)27)17-5-6-18(24)20(11-17)31-4/h5-11,15H,12H2,1-4H3,(H,26,29)/t15-/m0/s1. The zero-order chi connectivity index (χ0) is 22.3. The van der Waals surface area contributed by atoms with E-state index in [0.717, 1.165) is 11.4 Å². The minimum Gasteiger partial charge on any atom is -0.495 e. The number of fused-ring (bicyclic) bond motifs is 1. The van der Waals surface area contributed by atoms with Crippen LogP contribution >= 0.6 is 11.6 Å². The molecule has 0 spiro atoms. The second kappa shape index (κ2) is 8.07. The number of aromatic nitrogens is 2. The van der Waals surface area contributed by atoms with E-state index in [-0.39, 0.29) is 17.9 Å². The van der Waals surface area contributed by atoms with Crippen molar-refractivity contribution in [1.29, 1.82) is 0 Å². The van der Waals surface area contributed by atoms with Gasteiger partial charge in [-0.1, -0.05) is 11.6 Å². The Kier molecular flexibility index (Phi) is 5.45. The number of aryl methyl sites for hydroxylation is 2. The quantitative estimate of drug-likeness (QED) is 0.644. The third-order valence-corrected chi connectivity index (χ3v) is 5.64. The van der Waals surface area contributed by atoms with Gasteiger partial charge in [-0.05, 0) is 51.1 Å². The van der Waals surface area contributed by atoms with Gasteiger partial charge in [0, 0.05) is 47.5 Å². The lowest BCUT2D eigenvalue weighted by Gasteiger charge is -2.33. The van der Waals surface area contributed by atoms with Gasteiger partial charge in [0.2, 0.25) is 0 Å². The fourth-order valence-electron chi connectivity index (χ4n) is 3.90. The highest BCUT2D eigenvalue weighted by molar-refractivity contribution is 6.32. The summed E-state index contributed by atoms with van der Waals surface area (Å²) in [5, 5.41) is 3.37. The van der Waals surface area contributed by atoms with Crippen LogP contribution < -0.4 is 15.0 Å². The predicted octanol–water partition coefficient (Wildman–Crippen LogP) is 4.64. The van der Waals surface area contributed by atoms with Crippen LogP contribution in [0.1, 0.15) is 45.2 Å². The number of nitrogens with one attached hydrogen (secondary N) is 1. The van der Waals surface area contributed by atoms with Crippen LogP contribution in [0, 0.1) is 13.8 Å². The lowest BCUT2D eigenvalue weighted by Crippen LogP contribution is -2.42. The number of halogens is 1. The molecule has 3 heterocycles. The number of hydrogen-bond acceptors (Lipinski definition) is 4. The second-order valence-corrected chi connectivity index (χ2v) is 8.07. The molecule has 2 amide bonds. The summed E-state index contributed by atoms with van der Waals surface area (Å²) in [6, 6.07) is 10.5. The first-order chi connectivity index (χ1) is 14.8. The zero-order valence-electron chi connectivity index (χ0n) is 17.8. The molecule has 7 nitrogen and oxygen atoms in total. The monoisotopic (exact) mass is 438 g/mol. The summed E-state index contributed by atoms with van der Waals surface area (Å²) >= 11 is 6.14. The first-order valence-electron chi connectivity index (χ1n) is 9.91. The molecule has 1 aromatic carbocycles. The van der Waals surface area contributed by atoms with Crippen LogP contribution in [0.3, 0.4) is 0 Å². The number of carbonyl (C=O) groups excluding carboxylic acids is 2. The van der Waals surface area contributed by atoms with E-state index in [2.05, 4.69) is 10.3 Å². The van der Waals surface area contributed by atoms with Crippen LogP contribution in [0.5, 0.6) is 5.75 Å². The summed E-state index contributed by atoms with van der Waals surface area (Å²) in [5.41, 5.74) is 3.61. The van der Waals surface area contributed by atoms with Crippen molar-refractivity contribution in [3.63, 3.8) is 0 Å². The van der Waals surface area contributed by atoms with Crippen LogP contribution in [0.25, 0.3) is 0 Å². The molecule has 0 bridgehead atoms. The molecule has 0 saturated carbocycles. The number of methoxy groups -OCH3 is 1. The van der Waals surface area contributed by atoms with E-state index in [4.69, 9.17) is 16.3 Å². The Morgan fingerprint density at radius 3 is 2.58 bits per heavy atom. The average Bonchev–Trinajstić information content (AvgIpc) is 3.15. The molecule has 0 saturated heterocycles. The van der Waals surface area contributed by atoms with Gasteiger partial charge in [0.25, 0.3) is 11.8 Å². The van der Waals surface area contributed by atoms with Gasteiger partial charge in [-0.25, -0.2) is 0 Å². The van der Waals surface area contributed by atoms with E-state index in [9.17, 15) is 9.59 Å². The molecule has 0 aliphatic carbocycles. The molecule has 1 aliphatic rings. The highest BCUT2D eigenvalue weighted by Gasteiger charge is 2.33. The number of amides is 2. The maximum absolute atomic E-state index is 13.4. The molecule has 1 atom stereocenters. The molecular weight excluding hydrogens is 416 g/mol. The normalized spacial score (nSPS) is 15.6. The summed E-state index contributed by atoms with van der Waals surface area (Å²) in [5.74, 6) is 0.00994. The highest BCUT2D eigenvalue weighted by Crippen LogP contribution is 2.35. The van der Waals surface area contributed by atoms with E-state index in [1.807, 2.05) is 31.5 Å². The molecule has 4 rings (SSSR count). The van der Waals surface area contributed by atoms with Gasteiger partial charge < -0.3 is 19.5 Å². The van der Waals surface area contributed by atoms with Gasteiger partial charge in [-0.15, -0.1) is 0 Å². The second-order valence-electron chi connectivity index (χ2n) is 7.66. The topological polar surface area (TPSA) is 76.5 Å². The lowest BCUT2D eigenvalue weighted by molar-refractivity contribution is 0.0958. The zero-order valence-corrected chi connectivity index (χ0v) is 18.5. The Labute approximate surface area is 185 Å². The van der Waals surface area contributed by atoms with Gasteiger partial charge in [0.1, 0.15) is 11.4 Å². The number of anilines is 2. The van der Waals surface area contributed by atoms with Crippen LogP contribution in [-0.2, 0) is 0 Å². The van der Waals surface area contributed by atoms with Crippen molar-refractivity contribution >= 4 is 34.8 Å². The van der Waals surface area contributed by atoms with Crippen molar-refractivity contribution in [2.24, 2.45) is 0 Å². The molecule has 31 heavy (non-hydrogen) atoms. The van der Waals surface area contributed by atoms with Crippen LogP contribution in [0.15, 0.2) is 42.6 Å². The minimum absolute atomic E-state index is 0.0189. The van der Waals surface area contributed by atoms with E-state index in [1.54, 1.807) is 41.3 Å². The highest BCUT2D eigenvalue weighted by atomic mass is 35.5. The third kappa shape index (κ3) is 3.88. The predicted molar refractivity (Wildman–Crippen MR) is 120 cm³/mol. The summed E-state index contributed by atoms with van der Waals surface area (Å²) in [6.45, 7) is 6.19. The largest absolute Gasteiger partial charge is 0.495 e.